The number of nitrogens with one attached hydrogen (secondary N) is 2. The van der Waals surface area contributed by atoms with Crippen molar-refractivity contribution < 1.29 is 18.3 Å². The molecule has 2 aromatic heterocycles. The molecule has 10 heteroatoms. The predicted molar refractivity (Wildman–Crippen MR) is 119 cm³/mol. The summed E-state index contributed by atoms with van der Waals surface area (Å²) >= 11 is 0. The first kappa shape index (κ1) is 20.3. The Kier molecular flexibility index (Phi) is 4.66. The second kappa shape index (κ2) is 7.60. The van der Waals surface area contributed by atoms with Crippen LogP contribution in [0.3, 0.4) is 0 Å². The Bertz CT molecular complexity index is 1250. The Balaban J connectivity index is 1.43. The number of fused-ring (bicyclic) bond motifs is 3. The van der Waals surface area contributed by atoms with E-state index in [0.29, 0.717) is 55.7 Å². The van der Waals surface area contributed by atoms with E-state index < -0.39 is 11.6 Å². The Hall–Kier alpha value is -3.37. The van der Waals surface area contributed by atoms with Gasteiger partial charge in [-0.2, -0.15) is 5.10 Å². The van der Waals surface area contributed by atoms with Crippen molar-refractivity contribution >= 4 is 23.0 Å². The number of H-pyrrole nitrogens is 1. The molecule has 2 saturated heterocycles. The first-order valence-corrected chi connectivity index (χ1v) is 10.9. The molecule has 170 valence electrons. The van der Waals surface area contributed by atoms with Crippen molar-refractivity contribution in [1.29, 1.82) is 0 Å². The third-order valence-corrected chi connectivity index (χ3v) is 6.39. The number of aryl methyl sites for hydroxylation is 1. The van der Waals surface area contributed by atoms with Gasteiger partial charge in [-0.3, -0.25) is 5.10 Å². The van der Waals surface area contributed by atoms with Crippen LogP contribution >= 0.6 is 0 Å². The number of pyridine rings is 1. The molecule has 6 rings (SSSR count). The van der Waals surface area contributed by atoms with Crippen molar-refractivity contribution in [1.82, 2.24) is 15.2 Å². The summed E-state index contributed by atoms with van der Waals surface area (Å²) in [5.74, 6) is -0.550. The van der Waals surface area contributed by atoms with E-state index in [4.69, 9.17) is 9.47 Å². The topological polar surface area (TPSA) is 87.7 Å². The molecule has 0 unspecified atom stereocenters. The predicted octanol–water partition coefficient (Wildman–Crippen LogP) is 3.56. The zero-order chi connectivity index (χ0) is 22.6. The van der Waals surface area contributed by atoms with Crippen LogP contribution < -0.4 is 10.2 Å². The van der Waals surface area contributed by atoms with Crippen LogP contribution in [0.25, 0.3) is 11.3 Å². The van der Waals surface area contributed by atoms with Gasteiger partial charge in [0.05, 0.1) is 48.6 Å². The SMILES string of the molecule is Cc1n[nH]c2c1N=C(c1c(F)cccc1F)Nc1cnc(N3CCO[C@@]4(CCOC4)C3)cc1-2. The van der Waals surface area contributed by atoms with Crippen LogP contribution in [0.2, 0.25) is 0 Å². The molecule has 1 spiro atoms. The molecule has 0 amide bonds. The van der Waals surface area contributed by atoms with Gasteiger partial charge in [-0.05, 0) is 25.1 Å². The summed E-state index contributed by atoms with van der Waals surface area (Å²) < 4.78 is 40.8. The van der Waals surface area contributed by atoms with E-state index in [2.05, 4.69) is 30.4 Å². The third kappa shape index (κ3) is 3.37. The fourth-order valence-electron chi connectivity index (χ4n) is 4.65. The van der Waals surface area contributed by atoms with Gasteiger partial charge in [0.1, 0.15) is 34.6 Å². The summed E-state index contributed by atoms with van der Waals surface area (Å²) in [4.78, 5) is 11.4. The van der Waals surface area contributed by atoms with Crippen molar-refractivity contribution in [3.8, 4) is 11.3 Å². The number of halogens is 2. The number of aliphatic imine (C=N–C) groups is 1. The van der Waals surface area contributed by atoms with Gasteiger partial charge in [0.15, 0.2) is 0 Å². The Morgan fingerprint density at radius 3 is 2.82 bits per heavy atom. The van der Waals surface area contributed by atoms with E-state index in [1.54, 1.807) is 13.1 Å². The number of ether oxygens (including phenoxy) is 2. The quantitative estimate of drug-likeness (QED) is 0.618. The number of rotatable bonds is 2. The summed E-state index contributed by atoms with van der Waals surface area (Å²) in [7, 11) is 0. The lowest BCUT2D eigenvalue weighted by atomic mass is 10.0. The molecular weight excluding hydrogens is 430 g/mol. The number of aromatic nitrogens is 3. The standard InChI is InChI=1S/C23H22F2N6O2/c1-13-20-21(30-29-13)14-9-18(31-6-8-33-23(11-31)5-7-32-12-23)26-10-17(14)27-22(28-20)19-15(24)3-2-4-16(19)25/h2-4,9-10H,5-8,11-12H2,1H3,(H,27,28)(H,29,30)/t23-/m0/s1. The average Bonchev–Trinajstić information content (AvgIpc) is 3.36. The Morgan fingerprint density at radius 2 is 2.03 bits per heavy atom. The number of morpholine rings is 1. The maximum absolute atomic E-state index is 14.6. The normalized spacial score (nSPS) is 21.9. The maximum atomic E-state index is 14.6. The zero-order valence-electron chi connectivity index (χ0n) is 18.0. The molecule has 5 heterocycles. The van der Waals surface area contributed by atoms with Gasteiger partial charge in [-0.25, -0.2) is 18.8 Å². The minimum Gasteiger partial charge on any atom is -0.378 e. The van der Waals surface area contributed by atoms with Gasteiger partial charge in [0, 0.05) is 25.1 Å². The van der Waals surface area contributed by atoms with E-state index >= 15 is 0 Å². The summed E-state index contributed by atoms with van der Waals surface area (Å²) in [6.45, 7) is 5.05. The molecule has 33 heavy (non-hydrogen) atoms. The maximum Gasteiger partial charge on any atom is 0.144 e. The minimum absolute atomic E-state index is 0.0677. The van der Waals surface area contributed by atoms with Crippen molar-refractivity contribution in [2.75, 3.05) is 43.1 Å². The van der Waals surface area contributed by atoms with Crippen LogP contribution in [0.1, 0.15) is 17.7 Å². The van der Waals surface area contributed by atoms with Gasteiger partial charge in [-0.15, -0.1) is 0 Å². The molecule has 1 aromatic carbocycles. The van der Waals surface area contributed by atoms with Crippen LogP contribution in [0, 0.1) is 18.6 Å². The van der Waals surface area contributed by atoms with Crippen molar-refractivity contribution in [3.63, 3.8) is 0 Å². The van der Waals surface area contributed by atoms with Crippen molar-refractivity contribution in [3.05, 3.63) is 53.4 Å². The van der Waals surface area contributed by atoms with Crippen molar-refractivity contribution in [2.24, 2.45) is 4.99 Å². The monoisotopic (exact) mass is 452 g/mol. The number of hydrogen-bond acceptors (Lipinski definition) is 7. The molecule has 0 radical (unpaired) electrons. The lowest BCUT2D eigenvalue weighted by Gasteiger charge is -2.40. The molecule has 1 atom stereocenters. The highest BCUT2D eigenvalue weighted by atomic mass is 19.1. The summed E-state index contributed by atoms with van der Waals surface area (Å²) in [6.07, 6.45) is 2.52. The zero-order valence-corrected chi connectivity index (χ0v) is 18.0. The lowest BCUT2D eigenvalue weighted by molar-refractivity contribution is -0.0581. The second-order valence-corrected chi connectivity index (χ2v) is 8.56. The lowest BCUT2D eigenvalue weighted by Crippen LogP contribution is -2.52. The van der Waals surface area contributed by atoms with Crippen LogP contribution in [0.5, 0.6) is 0 Å². The fourth-order valence-corrected chi connectivity index (χ4v) is 4.65. The average molecular weight is 452 g/mol. The number of benzene rings is 1. The smallest absolute Gasteiger partial charge is 0.144 e. The molecule has 2 N–H and O–H groups in total. The highest BCUT2D eigenvalue weighted by Gasteiger charge is 2.41. The third-order valence-electron chi connectivity index (χ3n) is 6.39. The number of hydrogen-bond donors (Lipinski definition) is 2. The number of anilines is 2. The molecule has 0 bridgehead atoms. The second-order valence-electron chi connectivity index (χ2n) is 8.56. The Labute approximate surface area is 188 Å². The highest BCUT2D eigenvalue weighted by Crippen LogP contribution is 2.40. The van der Waals surface area contributed by atoms with Crippen LogP contribution in [-0.2, 0) is 9.47 Å². The van der Waals surface area contributed by atoms with E-state index in [9.17, 15) is 8.78 Å². The fraction of sp³-hybridized carbons (Fsp3) is 0.348. The van der Waals surface area contributed by atoms with E-state index in [1.807, 2.05) is 6.07 Å². The molecule has 8 nitrogen and oxygen atoms in total. The summed E-state index contributed by atoms with van der Waals surface area (Å²) in [5, 5.41) is 10.4. The van der Waals surface area contributed by atoms with E-state index in [1.165, 1.54) is 18.2 Å². The number of aromatic amines is 1. The molecule has 3 aliphatic rings. The van der Waals surface area contributed by atoms with Gasteiger partial charge < -0.3 is 19.7 Å². The summed E-state index contributed by atoms with van der Waals surface area (Å²) in [6, 6.07) is 5.69. The Morgan fingerprint density at radius 1 is 1.18 bits per heavy atom. The molecule has 2 fully saturated rings. The number of nitrogens with zero attached hydrogens (tertiary/aromatic N) is 4. The molecular formula is C23H22F2N6O2. The largest absolute Gasteiger partial charge is 0.378 e. The van der Waals surface area contributed by atoms with Gasteiger partial charge in [0.2, 0.25) is 0 Å². The van der Waals surface area contributed by atoms with Gasteiger partial charge in [0.25, 0.3) is 0 Å². The van der Waals surface area contributed by atoms with E-state index in [0.717, 1.165) is 17.8 Å². The molecule has 0 saturated carbocycles. The van der Waals surface area contributed by atoms with Crippen molar-refractivity contribution in [2.45, 2.75) is 18.9 Å². The highest BCUT2D eigenvalue weighted by molar-refractivity contribution is 6.13. The van der Waals surface area contributed by atoms with Crippen LogP contribution in [-0.4, -0.2) is 59.5 Å². The van der Waals surface area contributed by atoms with Gasteiger partial charge >= 0.3 is 0 Å². The van der Waals surface area contributed by atoms with Gasteiger partial charge in [-0.1, -0.05) is 6.07 Å². The van der Waals surface area contributed by atoms with Crippen LogP contribution in [0.15, 0.2) is 35.5 Å². The summed E-state index contributed by atoms with van der Waals surface area (Å²) in [5.41, 5.74) is 2.64. The molecule has 3 aliphatic heterocycles. The molecule has 0 aliphatic carbocycles. The first-order chi connectivity index (χ1) is 16.0. The minimum atomic E-state index is -0.700. The molecule has 3 aromatic rings. The van der Waals surface area contributed by atoms with E-state index in [-0.39, 0.29) is 17.0 Å². The first-order valence-electron chi connectivity index (χ1n) is 10.9. The number of amidine groups is 1. The van der Waals surface area contributed by atoms with Crippen LogP contribution in [0.4, 0.5) is 26.0 Å².